The Morgan fingerprint density at radius 3 is 1.11 bits per heavy atom. The van der Waals surface area contributed by atoms with E-state index in [1.165, 1.54) is 51.4 Å². The Morgan fingerprint density at radius 2 is 0.836 bits per heavy atom. The van der Waals surface area contributed by atoms with Gasteiger partial charge in [0.1, 0.15) is 0 Å². The Labute approximate surface area is 350 Å². The van der Waals surface area contributed by atoms with Crippen LogP contribution in [-0.4, -0.2) is 2.33 Å². The molecule has 5 rings (SSSR count). The van der Waals surface area contributed by atoms with Gasteiger partial charge in [-0.15, -0.1) is 0 Å². The predicted octanol–water partition coefficient (Wildman–Crippen LogP) is 18.2. The second-order valence-electron chi connectivity index (χ2n) is 20.5. The van der Waals surface area contributed by atoms with Crippen molar-refractivity contribution in [2.24, 2.45) is 0 Å². The van der Waals surface area contributed by atoms with Crippen molar-refractivity contribution < 1.29 is 38.9 Å². The van der Waals surface area contributed by atoms with Crippen LogP contribution < -0.4 is 0 Å². The van der Waals surface area contributed by atoms with E-state index >= 15 is 0 Å². The average molecular weight is 922 g/mol. The summed E-state index contributed by atoms with van der Waals surface area (Å²) in [6.07, 6.45) is 20.3. The van der Waals surface area contributed by atoms with Gasteiger partial charge in [0.15, 0.2) is 0 Å². The van der Waals surface area contributed by atoms with E-state index in [1.807, 2.05) is 22.3 Å². The minimum atomic E-state index is -3.16. The normalized spacial score (nSPS) is 19.6. The van der Waals surface area contributed by atoms with Gasteiger partial charge in [-0.1, -0.05) is 0 Å². The van der Waals surface area contributed by atoms with E-state index < -0.39 is 41.2 Å². The van der Waals surface area contributed by atoms with Crippen molar-refractivity contribution >= 4 is 14.5 Å². The van der Waals surface area contributed by atoms with Gasteiger partial charge in [-0.2, -0.15) is 0 Å². The van der Waals surface area contributed by atoms with Crippen LogP contribution in [0, 0.1) is 0 Å². The van der Waals surface area contributed by atoms with E-state index in [2.05, 4.69) is 133 Å². The predicted molar refractivity (Wildman–Crippen MR) is 245 cm³/mol. The molecule has 306 valence electrons. The molecule has 0 radical (unpaired) electrons. The molecule has 2 atom stereocenters. The number of hydrogen-bond acceptors (Lipinski definition) is 0. The van der Waals surface area contributed by atoms with Crippen molar-refractivity contribution in [3.05, 3.63) is 79.9 Å². The van der Waals surface area contributed by atoms with Gasteiger partial charge in [0, 0.05) is 0 Å². The van der Waals surface area contributed by atoms with Gasteiger partial charge in [0.25, 0.3) is 0 Å². The van der Waals surface area contributed by atoms with Gasteiger partial charge >= 0.3 is 354 Å². The van der Waals surface area contributed by atoms with Crippen molar-refractivity contribution in [2.75, 3.05) is 0 Å². The summed E-state index contributed by atoms with van der Waals surface area (Å²) >= 11 is -6.32. The second kappa shape index (κ2) is 19.5. The molecule has 3 aliphatic rings. The number of hydrogen-bond donors (Lipinski definition) is 0. The van der Waals surface area contributed by atoms with Crippen LogP contribution in [0.3, 0.4) is 0 Å². The summed E-state index contributed by atoms with van der Waals surface area (Å²) < 4.78 is 6.68. The molecular weight excluding hydrogens is 835 g/mol. The van der Waals surface area contributed by atoms with Crippen LogP contribution in [0.2, 0.25) is 28.6 Å². The molecule has 55 heavy (non-hydrogen) atoms. The Kier molecular flexibility index (Phi) is 16.3. The molecule has 1 fully saturated rings. The summed E-state index contributed by atoms with van der Waals surface area (Å²) in [5.74, 6) is 2.31. The molecule has 2 aromatic carbocycles. The fraction of sp³-hybridized carbons (Fsp3) is 0.692. The molecule has 1 saturated heterocycles. The monoisotopic (exact) mass is 918 g/mol. The SMILES string of the molecule is CCC[CH2][Zr]([CH2]CCC)([CH]1C(C)=Cc2c(C(C)C)cc(C(C)C)cc21)[Si]1([Zr]([CH2]CCC)([CH2]CCC)[CH]2C(C)=Cc3c(C(C)C)cc(C(C)C)cc32)CCCC1. The molecule has 0 saturated carbocycles. The van der Waals surface area contributed by atoms with E-state index in [0.717, 1.165) is 7.25 Å². The van der Waals surface area contributed by atoms with Crippen LogP contribution >= 0.6 is 0 Å². The standard InChI is InChI=1S/2C16H21.C4H8Si.4C4H9.2Zr/c2*1-10(2)13-8-14-6-12(5)7-16(14)15(9-13)11(3)4;1-2-4-5-3-1;4*1-3-4-2;;/h2*6-11H,1-5H3;1-4H2;4*1,3-4H2,2H3;;. The molecule has 2 aliphatic carbocycles. The van der Waals surface area contributed by atoms with Crippen molar-refractivity contribution in [2.45, 2.75) is 221 Å². The summed E-state index contributed by atoms with van der Waals surface area (Å²) in [6, 6.07) is 14.5. The van der Waals surface area contributed by atoms with Gasteiger partial charge in [-0.05, 0) is 0 Å². The topological polar surface area (TPSA) is 0 Å². The summed E-state index contributed by atoms with van der Waals surface area (Å²) in [4.78, 5) is 0. The van der Waals surface area contributed by atoms with E-state index in [0.29, 0.717) is 23.7 Å². The van der Waals surface area contributed by atoms with Crippen molar-refractivity contribution in [3.63, 3.8) is 0 Å². The quantitative estimate of drug-likeness (QED) is 0.116. The van der Waals surface area contributed by atoms with E-state index in [9.17, 15) is 0 Å². The molecule has 1 aliphatic heterocycles. The summed E-state index contributed by atoms with van der Waals surface area (Å²) in [6.45, 7) is 35.3. The first-order valence-electron chi connectivity index (χ1n) is 23.9. The molecule has 2 unspecified atom stereocenters. The summed E-state index contributed by atoms with van der Waals surface area (Å²) in [5.41, 5.74) is 17.4. The van der Waals surface area contributed by atoms with Crippen LogP contribution in [0.25, 0.3) is 12.2 Å². The number of allylic oxidation sites excluding steroid dienone is 2. The van der Waals surface area contributed by atoms with Gasteiger partial charge in [-0.3, -0.25) is 0 Å². The Hall–Kier alpha value is -0.0969. The van der Waals surface area contributed by atoms with Crippen LogP contribution in [0.4, 0.5) is 0 Å². The maximum atomic E-state index is 2.85. The molecule has 0 N–H and O–H groups in total. The second-order valence-corrected chi connectivity index (χ2v) is 77.8. The van der Waals surface area contributed by atoms with E-state index in [4.69, 9.17) is 0 Å². The van der Waals surface area contributed by atoms with Gasteiger partial charge in [0.2, 0.25) is 0 Å². The van der Waals surface area contributed by atoms with Crippen LogP contribution in [-0.2, 0) is 38.9 Å². The molecule has 1 heterocycles. The van der Waals surface area contributed by atoms with Gasteiger partial charge in [-0.25, -0.2) is 0 Å². The van der Waals surface area contributed by atoms with Crippen LogP contribution in [0.1, 0.15) is 237 Å². The Morgan fingerprint density at radius 1 is 0.509 bits per heavy atom. The zero-order valence-electron chi connectivity index (χ0n) is 38.7. The van der Waals surface area contributed by atoms with Crippen molar-refractivity contribution in [1.82, 2.24) is 0 Å². The molecular formula is C52H86SiZr2. The first-order valence-corrected chi connectivity index (χ1v) is 43.5. The number of unbranched alkanes of at least 4 members (excludes halogenated alkanes) is 4. The summed E-state index contributed by atoms with van der Waals surface area (Å²) in [7, 11) is 0. The van der Waals surface area contributed by atoms with Crippen molar-refractivity contribution in [3.8, 4) is 0 Å². The number of benzene rings is 2. The van der Waals surface area contributed by atoms with Gasteiger partial charge < -0.3 is 0 Å². The minimum absolute atomic E-state index is 0.573. The zero-order valence-corrected chi connectivity index (χ0v) is 44.7. The molecule has 3 heteroatoms. The fourth-order valence-corrected chi connectivity index (χ4v) is 180. The third-order valence-electron chi connectivity index (χ3n) is 15.8. The summed E-state index contributed by atoms with van der Waals surface area (Å²) in [5, 5.41) is 0. The molecule has 0 aromatic heterocycles. The number of fused-ring (bicyclic) bond motifs is 2. The Bertz CT molecular complexity index is 1530. The molecule has 0 amide bonds. The zero-order chi connectivity index (χ0) is 40.3. The maximum absolute atomic E-state index is 3.16. The fourth-order valence-electron chi connectivity index (χ4n) is 13.2. The van der Waals surface area contributed by atoms with Crippen LogP contribution in [0.15, 0.2) is 35.4 Å². The molecule has 2 aromatic rings. The first kappa shape index (κ1) is 46.0. The first-order chi connectivity index (χ1) is 26.2. The van der Waals surface area contributed by atoms with Crippen LogP contribution in [0.5, 0.6) is 0 Å². The third-order valence-corrected chi connectivity index (χ3v) is 132. The van der Waals surface area contributed by atoms with E-state index in [-0.39, 0.29) is 0 Å². The molecule has 0 spiro atoms. The average Bonchev–Trinajstić information content (AvgIpc) is 3.87. The molecule has 0 nitrogen and oxygen atoms in total. The van der Waals surface area contributed by atoms with E-state index in [1.54, 1.807) is 74.8 Å². The third kappa shape index (κ3) is 8.47. The van der Waals surface area contributed by atoms with Gasteiger partial charge in [0.05, 0.1) is 0 Å². The van der Waals surface area contributed by atoms with Crippen molar-refractivity contribution in [1.29, 1.82) is 0 Å². The number of rotatable bonds is 20. The Balaban J connectivity index is 1.95. The molecule has 0 bridgehead atoms.